The van der Waals surface area contributed by atoms with Crippen LogP contribution in [0, 0.1) is 0 Å². The van der Waals surface area contributed by atoms with Crippen molar-refractivity contribution in [2.45, 2.75) is 25.7 Å². The van der Waals surface area contributed by atoms with E-state index in [2.05, 4.69) is 23.5 Å². The second kappa shape index (κ2) is 4.23. The number of hydrogen-bond donors (Lipinski definition) is 1. The number of amides is 1. The third-order valence-corrected chi connectivity index (χ3v) is 3.87. The molecule has 0 saturated heterocycles. The molecule has 0 fully saturated rings. The molecule has 3 rings (SSSR count). The van der Waals surface area contributed by atoms with Crippen molar-refractivity contribution >= 4 is 11.6 Å². The lowest BCUT2D eigenvalue weighted by atomic mass is 9.85. The molecule has 0 atom stereocenters. The first-order valence-electron chi connectivity index (χ1n) is 6.57. The van der Waals surface area contributed by atoms with E-state index in [1.54, 1.807) is 0 Å². The van der Waals surface area contributed by atoms with Crippen LogP contribution < -0.4 is 5.32 Å². The van der Waals surface area contributed by atoms with E-state index in [0.29, 0.717) is 0 Å². The summed E-state index contributed by atoms with van der Waals surface area (Å²) in [4.78, 5) is 12.0. The molecule has 2 aromatic rings. The van der Waals surface area contributed by atoms with Crippen LogP contribution in [0.4, 0.5) is 5.69 Å². The van der Waals surface area contributed by atoms with E-state index < -0.39 is 5.41 Å². The van der Waals surface area contributed by atoms with Crippen LogP contribution in [-0.2, 0) is 16.6 Å². The molecule has 2 aromatic carbocycles. The molecule has 2 nitrogen and oxygen atoms in total. The van der Waals surface area contributed by atoms with E-state index in [1.165, 1.54) is 11.1 Å². The van der Waals surface area contributed by atoms with E-state index in [-0.39, 0.29) is 5.91 Å². The fraction of sp³-hybridized carbons (Fsp3) is 0.235. The Labute approximate surface area is 113 Å². The van der Waals surface area contributed by atoms with E-state index in [9.17, 15) is 4.79 Å². The molecule has 1 heterocycles. The lowest BCUT2D eigenvalue weighted by molar-refractivity contribution is -0.119. The SMILES string of the molecule is CC1(C)C(=O)Nc2c(Cc3ccccc3)cccc21. The molecule has 1 aliphatic rings. The summed E-state index contributed by atoms with van der Waals surface area (Å²) in [6.45, 7) is 3.95. The summed E-state index contributed by atoms with van der Waals surface area (Å²) in [7, 11) is 0. The van der Waals surface area contributed by atoms with E-state index in [4.69, 9.17) is 0 Å². The van der Waals surface area contributed by atoms with Crippen LogP contribution in [0.3, 0.4) is 0 Å². The highest BCUT2D eigenvalue weighted by atomic mass is 16.2. The van der Waals surface area contributed by atoms with Crippen molar-refractivity contribution in [3.8, 4) is 0 Å². The van der Waals surface area contributed by atoms with Gasteiger partial charge in [0.25, 0.3) is 0 Å². The maximum absolute atomic E-state index is 12.0. The van der Waals surface area contributed by atoms with Crippen molar-refractivity contribution in [2.75, 3.05) is 5.32 Å². The number of nitrogens with one attached hydrogen (secondary N) is 1. The second-order valence-electron chi connectivity index (χ2n) is 5.58. The zero-order valence-electron chi connectivity index (χ0n) is 11.2. The Morgan fingerprint density at radius 2 is 1.74 bits per heavy atom. The monoisotopic (exact) mass is 251 g/mol. The third kappa shape index (κ3) is 1.93. The number of fused-ring (bicyclic) bond motifs is 1. The van der Waals surface area contributed by atoms with Gasteiger partial charge in [0.15, 0.2) is 0 Å². The molecule has 1 N–H and O–H groups in total. The van der Waals surface area contributed by atoms with Crippen molar-refractivity contribution in [1.82, 2.24) is 0 Å². The van der Waals surface area contributed by atoms with Gasteiger partial charge in [-0.05, 0) is 37.0 Å². The molecule has 0 spiro atoms. The van der Waals surface area contributed by atoms with Crippen LogP contribution in [0.1, 0.15) is 30.5 Å². The maximum atomic E-state index is 12.0. The van der Waals surface area contributed by atoms with Crippen molar-refractivity contribution in [3.63, 3.8) is 0 Å². The van der Waals surface area contributed by atoms with Gasteiger partial charge >= 0.3 is 0 Å². The quantitative estimate of drug-likeness (QED) is 0.869. The fourth-order valence-corrected chi connectivity index (χ4v) is 2.62. The largest absolute Gasteiger partial charge is 0.325 e. The van der Waals surface area contributed by atoms with Gasteiger partial charge in [-0.25, -0.2) is 0 Å². The molecule has 2 heteroatoms. The Kier molecular flexibility index (Phi) is 2.67. The zero-order chi connectivity index (χ0) is 13.5. The maximum Gasteiger partial charge on any atom is 0.234 e. The van der Waals surface area contributed by atoms with Crippen molar-refractivity contribution in [2.24, 2.45) is 0 Å². The first kappa shape index (κ1) is 12.0. The fourth-order valence-electron chi connectivity index (χ4n) is 2.62. The standard InChI is InChI=1S/C17H17NO/c1-17(2)14-10-6-9-13(15(14)18-16(17)19)11-12-7-4-3-5-8-12/h3-10H,11H2,1-2H3,(H,18,19). The van der Waals surface area contributed by atoms with E-state index in [1.807, 2.05) is 44.2 Å². The number of hydrogen-bond acceptors (Lipinski definition) is 1. The highest BCUT2D eigenvalue weighted by Gasteiger charge is 2.39. The second-order valence-corrected chi connectivity index (χ2v) is 5.58. The molecule has 0 aliphatic carbocycles. The Bertz CT molecular complexity index is 629. The van der Waals surface area contributed by atoms with Gasteiger partial charge in [-0.1, -0.05) is 48.5 Å². The highest BCUT2D eigenvalue weighted by molar-refractivity contribution is 6.06. The Hall–Kier alpha value is -2.09. The number of anilines is 1. The van der Waals surface area contributed by atoms with Crippen LogP contribution in [-0.4, -0.2) is 5.91 Å². The Morgan fingerprint density at radius 3 is 2.47 bits per heavy atom. The van der Waals surface area contributed by atoms with Crippen molar-refractivity contribution in [1.29, 1.82) is 0 Å². The molecule has 0 saturated carbocycles. The summed E-state index contributed by atoms with van der Waals surface area (Å²) < 4.78 is 0. The van der Waals surface area contributed by atoms with Gasteiger partial charge in [-0.15, -0.1) is 0 Å². The minimum absolute atomic E-state index is 0.0861. The molecule has 0 radical (unpaired) electrons. The number of carbonyl (C=O) groups is 1. The predicted octanol–water partition coefficient (Wildman–Crippen LogP) is 3.51. The molecule has 1 aliphatic heterocycles. The third-order valence-electron chi connectivity index (χ3n) is 3.87. The molecule has 1 amide bonds. The van der Waals surface area contributed by atoms with Gasteiger partial charge in [-0.3, -0.25) is 4.79 Å². The number of benzene rings is 2. The summed E-state index contributed by atoms with van der Waals surface area (Å²) >= 11 is 0. The summed E-state index contributed by atoms with van der Waals surface area (Å²) in [5.41, 5.74) is 4.12. The van der Waals surface area contributed by atoms with Gasteiger partial charge in [0.2, 0.25) is 5.91 Å². The highest BCUT2D eigenvalue weighted by Crippen LogP contribution is 2.39. The summed E-state index contributed by atoms with van der Waals surface area (Å²) in [5.74, 6) is 0.0861. The van der Waals surface area contributed by atoms with Gasteiger partial charge in [0, 0.05) is 5.69 Å². The minimum atomic E-state index is -0.429. The number of rotatable bonds is 2. The van der Waals surface area contributed by atoms with Crippen LogP contribution in [0.15, 0.2) is 48.5 Å². The van der Waals surface area contributed by atoms with E-state index in [0.717, 1.165) is 17.7 Å². The van der Waals surface area contributed by atoms with Crippen LogP contribution >= 0.6 is 0 Å². The number of para-hydroxylation sites is 1. The van der Waals surface area contributed by atoms with Crippen LogP contribution in [0.5, 0.6) is 0 Å². The van der Waals surface area contributed by atoms with Gasteiger partial charge < -0.3 is 5.32 Å². The Morgan fingerprint density at radius 1 is 1.00 bits per heavy atom. The lowest BCUT2D eigenvalue weighted by Gasteiger charge is -2.15. The topological polar surface area (TPSA) is 29.1 Å². The average Bonchev–Trinajstić information content (AvgIpc) is 2.64. The van der Waals surface area contributed by atoms with Gasteiger partial charge in [0.1, 0.15) is 0 Å². The summed E-state index contributed by atoms with van der Waals surface area (Å²) in [6, 6.07) is 16.5. The lowest BCUT2D eigenvalue weighted by Crippen LogP contribution is -2.26. The average molecular weight is 251 g/mol. The van der Waals surface area contributed by atoms with E-state index >= 15 is 0 Å². The first-order valence-corrected chi connectivity index (χ1v) is 6.57. The molecule has 0 aromatic heterocycles. The number of carbonyl (C=O) groups excluding carboxylic acids is 1. The van der Waals surface area contributed by atoms with Crippen molar-refractivity contribution in [3.05, 3.63) is 65.2 Å². The minimum Gasteiger partial charge on any atom is -0.325 e. The smallest absolute Gasteiger partial charge is 0.234 e. The van der Waals surface area contributed by atoms with Crippen LogP contribution in [0.25, 0.3) is 0 Å². The molecular formula is C17H17NO. The predicted molar refractivity (Wildman–Crippen MR) is 77.3 cm³/mol. The normalized spacial score (nSPS) is 16.0. The first-order chi connectivity index (χ1) is 9.09. The summed E-state index contributed by atoms with van der Waals surface area (Å²) in [5, 5.41) is 3.04. The van der Waals surface area contributed by atoms with Gasteiger partial charge in [-0.2, -0.15) is 0 Å². The molecular weight excluding hydrogens is 234 g/mol. The van der Waals surface area contributed by atoms with Crippen molar-refractivity contribution < 1.29 is 4.79 Å². The Balaban J connectivity index is 2.02. The molecule has 0 unspecified atom stereocenters. The molecule has 19 heavy (non-hydrogen) atoms. The molecule has 0 bridgehead atoms. The summed E-state index contributed by atoms with van der Waals surface area (Å²) in [6.07, 6.45) is 0.848. The molecule has 96 valence electrons. The van der Waals surface area contributed by atoms with Crippen LogP contribution in [0.2, 0.25) is 0 Å². The van der Waals surface area contributed by atoms with Gasteiger partial charge in [0.05, 0.1) is 5.41 Å². The zero-order valence-corrected chi connectivity index (χ0v) is 11.2.